The first-order valence-electron chi connectivity index (χ1n) is 6.92. The van der Waals surface area contributed by atoms with Crippen LogP contribution in [0, 0.1) is 13.8 Å². The maximum atomic E-state index is 11.9. The van der Waals surface area contributed by atoms with Gasteiger partial charge in [-0.1, -0.05) is 30.3 Å². The average Bonchev–Trinajstić information content (AvgIpc) is 2.44. The number of amides is 1. The van der Waals surface area contributed by atoms with Crippen molar-refractivity contribution in [2.24, 2.45) is 0 Å². The minimum atomic E-state index is -0.196. The van der Waals surface area contributed by atoms with E-state index < -0.39 is 0 Å². The highest BCUT2D eigenvalue weighted by atomic mass is 16.2. The summed E-state index contributed by atoms with van der Waals surface area (Å²) >= 11 is 0. The van der Waals surface area contributed by atoms with Crippen LogP contribution in [-0.2, 0) is 17.8 Å². The van der Waals surface area contributed by atoms with Gasteiger partial charge in [0.15, 0.2) is 0 Å². The van der Waals surface area contributed by atoms with Crippen LogP contribution >= 0.6 is 0 Å². The van der Waals surface area contributed by atoms with Crippen LogP contribution in [0.15, 0.2) is 41.2 Å². The normalized spacial score (nSPS) is 10.4. The predicted molar refractivity (Wildman–Crippen MR) is 81.1 cm³/mol. The Hall–Kier alpha value is -2.43. The van der Waals surface area contributed by atoms with Gasteiger partial charge in [-0.25, -0.2) is 4.98 Å². The predicted octanol–water partition coefficient (Wildman–Crippen LogP) is 1.22. The van der Waals surface area contributed by atoms with Crippen LogP contribution in [0.1, 0.15) is 17.1 Å². The molecule has 0 aliphatic rings. The van der Waals surface area contributed by atoms with Crippen molar-refractivity contribution < 1.29 is 4.79 Å². The Bertz CT molecular complexity index is 678. The molecule has 0 spiro atoms. The Morgan fingerprint density at radius 3 is 2.62 bits per heavy atom. The van der Waals surface area contributed by atoms with Gasteiger partial charge in [0.1, 0.15) is 12.4 Å². The van der Waals surface area contributed by atoms with Crippen LogP contribution in [0.2, 0.25) is 0 Å². The van der Waals surface area contributed by atoms with Crippen molar-refractivity contribution in [1.29, 1.82) is 0 Å². The van der Waals surface area contributed by atoms with Gasteiger partial charge in [0, 0.05) is 18.3 Å². The highest BCUT2D eigenvalue weighted by Gasteiger charge is 2.08. The standard InChI is InChI=1S/C16H19N3O2/c1-12-10-16(21)19(13(2)18-12)11-15(20)17-9-8-14-6-4-3-5-7-14/h3-7,10H,8-9,11H2,1-2H3,(H,17,20). The van der Waals surface area contributed by atoms with Crippen LogP contribution in [0.5, 0.6) is 0 Å². The molecular formula is C16H19N3O2. The molecule has 2 rings (SSSR count). The fraction of sp³-hybridized carbons (Fsp3) is 0.312. The summed E-state index contributed by atoms with van der Waals surface area (Å²) in [5, 5.41) is 2.82. The molecule has 0 unspecified atom stereocenters. The van der Waals surface area contributed by atoms with Crippen molar-refractivity contribution in [3.05, 3.63) is 63.8 Å². The summed E-state index contributed by atoms with van der Waals surface area (Å²) in [6.07, 6.45) is 0.770. The summed E-state index contributed by atoms with van der Waals surface area (Å²) in [5.74, 6) is 0.375. The molecule has 2 aromatic rings. The van der Waals surface area contributed by atoms with Gasteiger partial charge in [0.25, 0.3) is 5.56 Å². The number of aryl methyl sites for hydroxylation is 2. The number of benzene rings is 1. The Morgan fingerprint density at radius 1 is 1.24 bits per heavy atom. The van der Waals surface area contributed by atoms with E-state index in [0.717, 1.165) is 6.42 Å². The molecule has 0 saturated heterocycles. The highest BCUT2D eigenvalue weighted by molar-refractivity contribution is 5.75. The molecule has 0 aliphatic heterocycles. The van der Waals surface area contributed by atoms with E-state index in [1.165, 1.54) is 16.2 Å². The summed E-state index contributed by atoms with van der Waals surface area (Å²) in [4.78, 5) is 27.9. The molecule has 1 N–H and O–H groups in total. The second-order valence-electron chi connectivity index (χ2n) is 4.95. The average molecular weight is 285 g/mol. The number of carbonyl (C=O) groups is 1. The molecule has 21 heavy (non-hydrogen) atoms. The van der Waals surface area contributed by atoms with Gasteiger partial charge in [-0.05, 0) is 25.8 Å². The smallest absolute Gasteiger partial charge is 0.254 e. The lowest BCUT2D eigenvalue weighted by Gasteiger charge is -2.10. The Balaban J connectivity index is 1.89. The molecule has 0 aliphatic carbocycles. The maximum Gasteiger partial charge on any atom is 0.254 e. The van der Waals surface area contributed by atoms with Gasteiger partial charge in [-0.2, -0.15) is 0 Å². The number of rotatable bonds is 5. The third-order valence-electron chi connectivity index (χ3n) is 3.21. The van der Waals surface area contributed by atoms with Crippen LogP contribution in [0.4, 0.5) is 0 Å². The van der Waals surface area contributed by atoms with Crippen molar-refractivity contribution in [2.75, 3.05) is 6.54 Å². The van der Waals surface area contributed by atoms with Gasteiger partial charge < -0.3 is 5.32 Å². The van der Waals surface area contributed by atoms with Gasteiger partial charge in [0.05, 0.1) is 0 Å². The van der Waals surface area contributed by atoms with Crippen molar-refractivity contribution in [3.8, 4) is 0 Å². The van der Waals surface area contributed by atoms with E-state index in [2.05, 4.69) is 10.3 Å². The SMILES string of the molecule is Cc1cc(=O)n(CC(=O)NCCc2ccccc2)c(C)n1. The van der Waals surface area contributed by atoms with E-state index >= 15 is 0 Å². The fourth-order valence-corrected chi connectivity index (χ4v) is 2.15. The molecule has 0 fully saturated rings. The van der Waals surface area contributed by atoms with Crippen molar-refractivity contribution >= 4 is 5.91 Å². The number of nitrogens with one attached hydrogen (secondary N) is 1. The number of carbonyl (C=O) groups excluding carboxylic acids is 1. The summed E-state index contributed by atoms with van der Waals surface area (Å²) < 4.78 is 1.38. The lowest BCUT2D eigenvalue weighted by molar-refractivity contribution is -0.121. The first-order chi connectivity index (χ1) is 10.1. The zero-order valence-electron chi connectivity index (χ0n) is 12.3. The molecule has 1 aromatic carbocycles. The Morgan fingerprint density at radius 2 is 1.95 bits per heavy atom. The zero-order chi connectivity index (χ0) is 15.2. The molecule has 0 saturated carbocycles. The Kier molecular flexibility index (Phi) is 4.87. The number of nitrogens with zero attached hydrogens (tertiary/aromatic N) is 2. The van der Waals surface area contributed by atoms with E-state index in [-0.39, 0.29) is 18.0 Å². The highest BCUT2D eigenvalue weighted by Crippen LogP contribution is 1.98. The molecule has 1 aromatic heterocycles. The summed E-state index contributed by atoms with van der Waals surface area (Å²) in [6, 6.07) is 11.4. The van der Waals surface area contributed by atoms with Crippen LogP contribution < -0.4 is 10.9 Å². The lowest BCUT2D eigenvalue weighted by atomic mass is 10.1. The minimum absolute atomic E-state index is 0.00668. The van der Waals surface area contributed by atoms with E-state index in [9.17, 15) is 9.59 Å². The summed E-state index contributed by atoms with van der Waals surface area (Å²) in [6.45, 7) is 4.05. The van der Waals surface area contributed by atoms with Gasteiger partial charge in [0.2, 0.25) is 5.91 Å². The van der Waals surface area contributed by atoms with Crippen molar-refractivity contribution in [1.82, 2.24) is 14.9 Å². The fourth-order valence-electron chi connectivity index (χ4n) is 2.15. The molecule has 0 radical (unpaired) electrons. The first-order valence-corrected chi connectivity index (χ1v) is 6.92. The van der Waals surface area contributed by atoms with E-state index in [1.54, 1.807) is 13.8 Å². The number of aromatic nitrogens is 2. The minimum Gasteiger partial charge on any atom is -0.354 e. The largest absolute Gasteiger partial charge is 0.354 e. The van der Waals surface area contributed by atoms with Gasteiger partial charge >= 0.3 is 0 Å². The third-order valence-corrected chi connectivity index (χ3v) is 3.21. The summed E-state index contributed by atoms with van der Waals surface area (Å²) in [5.41, 5.74) is 1.64. The van der Waals surface area contributed by atoms with Crippen LogP contribution in [0.25, 0.3) is 0 Å². The second-order valence-corrected chi connectivity index (χ2v) is 4.95. The van der Waals surface area contributed by atoms with E-state index in [0.29, 0.717) is 18.1 Å². The number of hydrogen-bond acceptors (Lipinski definition) is 3. The topological polar surface area (TPSA) is 64.0 Å². The Labute approximate surface area is 123 Å². The molecule has 110 valence electrons. The molecule has 1 heterocycles. The van der Waals surface area contributed by atoms with Crippen LogP contribution in [-0.4, -0.2) is 22.0 Å². The van der Waals surface area contributed by atoms with E-state index in [1.807, 2.05) is 30.3 Å². The molecule has 0 atom stereocenters. The zero-order valence-corrected chi connectivity index (χ0v) is 12.3. The van der Waals surface area contributed by atoms with E-state index in [4.69, 9.17) is 0 Å². The molecule has 1 amide bonds. The number of hydrogen-bond donors (Lipinski definition) is 1. The summed E-state index contributed by atoms with van der Waals surface area (Å²) in [7, 11) is 0. The first kappa shape index (κ1) is 15.0. The van der Waals surface area contributed by atoms with Crippen molar-refractivity contribution in [3.63, 3.8) is 0 Å². The molecule has 5 nitrogen and oxygen atoms in total. The molecule has 5 heteroatoms. The van der Waals surface area contributed by atoms with Gasteiger partial charge in [-0.3, -0.25) is 14.2 Å². The van der Waals surface area contributed by atoms with Gasteiger partial charge in [-0.15, -0.1) is 0 Å². The molecule has 0 bridgehead atoms. The molecular weight excluding hydrogens is 266 g/mol. The third kappa shape index (κ3) is 4.27. The quantitative estimate of drug-likeness (QED) is 0.898. The van der Waals surface area contributed by atoms with Crippen molar-refractivity contribution in [2.45, 2.75) is 26.8 Å². The second kappa shape index (κ2) is 6.83. The lowest BCUT2D eigenvalue weighted by Crippen LogP contribution is -2.34. The maximum absolute atomic E-state index is 11.9. The van der Waals surface area contributed by atoms with Crippen LogP contribution in [0.3, 0.4) is 0 Å². The monoisotopic (exact) mass is 285 g/mol.